The zero-order valence-electron chi connectivity index (χ0n) is 18.5. The first-order chi connectivity index (χ1) is 16.8. The standard InChI is InChI=1S/C25H19ClFN3O5/c1-35-24(33)18-11-8-16(26)12-20(18)28-22(31)14-29-21-5-3-2-4-19(21)23(32)30(25(29)34)13-15-6-9-17(27)10-7-15/h2-12H,13-14H2,1H3,(H,28,31). The van der Waals surface area contributed by atoms with E-state index in [1.54, 1.807) is 24.3 Å². The summed E-state index contributed by atoms with van der Waals surface area (Å²) >= 11 is 6.02. The molecule has 10 heteroatoms. The van der Waals surface area contributed by atoms with Gasteiger partial charge < -0.3 is 10.1 Å². The van der Waals surface area contributed by atoms with E-state index >= 15 is 0 Å². The molecule has 0 atom stereocenters. The second-order valence-corrected chi connectivity index (χ2v) is 8.07. The maximum absolute atomic E-state index is 13.3. The van der Waals surface area contributed by atoms with Crippen molar-refractivity contribution in [2.24, 2.45) is 0 Å². The molecule has 0 spiro atoms. The molecule has 0 radical (unpaired) electrons. The Hall–Kier alpha value is -4.24. The van der Waals surface area contributed by atoms with Gasteiger partial charge in [-0.25, -0.2) is 14.0 Å². The van der Waals surface area contributed by atoms with E-state index in [1.165, 1.54) is 49.6 Å². The van der Waals surface area contributed by atoms with Gasteiger partial charge in [0, 0.05) is 5.02 Å². The third kappa shape index (κ3) is 4.99. The molecular formula is C25H19ClFN3O5. The molecule has 0 aliphatic rings. The number of methoxy groups -OCH3 is 1. The van der Waals surface area contributed by atoms with Gasteiger partial charge >= 0.3 is 11.7 Å². The fraction of sp³-hybridized carbons (Fsp3) is 0.120. The number of hydrogen-bond donors (Lipinski definition) is 1. The predicted octanol–water partition coefficient (Wildman–Crippen LogP) is 3.43. The Balaban J connectivity index is 1.74. The van der Waals surface area contributed by atoms with Gasteiger partial charge in [0.2, 0.25) is 5.91 Å². The SMILES string of the molecule is COC(=O)c1ccc(Cl)cc1NC(=O)Cn1c(=O)n(Cc2ccc(F)cc2)c(=O)c2ccccc21. The molecule has 8 nitrogen and oxygen atoms in total. The van der Waals surface area contributed by atoms with Crippen LogP contribution in [-0.4, -0.2) is 28.1 Å². The van der Waals surface area contributed by atoms with E-state index in [-0.39, 0.29) is 33.7 Å². The van der Waals surface area contributed by atoms with E-state index < -0.39 is 35.5 Å². The summed E-state index contributed by atoms with van der Waals surface area (Å²) in [6.45, 7) is -0.554. The Morgan fingerprint density at radius 3 is 2.43 bits per heavy atom. The van der Waals surface area contributed by atoms with Crippen molar-refractivity contribution in [1.29, 1.82) is 0 Å². The first-order valence-corrected chi connectivity index (χ1v) is 10.8. The number of amides is 1. The van der Waals surface area contributed by atoms with E-state index in [0.717, 1.165) is 9.13 Å². The van der Waals surface area contributed by atoms with Gasteiger partial charge in [0.25, 0.3) is 5.56 Å². The number of carbonyl (C=O) groups excluding carboxylic acids is 2. The number of rotatable bonds is 6. The molecule has 3 aromatic carbocycles. The quantitative estimate of drug-likeness (QED) is 0.413. The van der Waals surface area contributed by atoms with Crippen LogP contribution in [0.3, 0.4) is 0 Å². The average Bonchev–Trinajstić information content (AvgIpc) is 2.85. The summed E-state index contributed by atoms with van der Waals surface area (Å²) in [5, 5.41) is 3.10. The highest BCUT2D eigenvalue weighted by Crippen LogP contribution is 2.22. The predicted molar refractivity (Wildman–Crippen MR) is 129 cm³/mol. The number of carbonyl (C=O) groups is 2. The second-order valence-electron chi connectivity index (χ2n) is 7.63. The van der Waals surface area contributed by atoms with E-state index in [2.05, 4.69) is 5.32 Å². The number of nitrogens with zero attached hydrogens (tertiary/aromatic N) is 2. The van der Waals surface area contributed by atoms with Crippen molar-refractivity contribution in [3.8, 4) is 0 Å². The van der Waals surface area contributed by atoms with Crippen molar-refractivity contribution in [3.63, 3.8) is 0 Å². The summed E-state index contributed by atoms with van der Waals surface area (Å²) in [4.78, 5) is 51.4. The van der Waals surface area contributed by atoms with Crippen LogP contribution in [0.25, 0.3) is 10.9 Å². The lowest BCUT2D eigenvalue weighted by atomic mass is 10.1. The van der Waals surface area contributed by atoms with Gasteiger partial charge in [0.05, 0.1) is 35.8 Å². The minimum Gasteiger partial charge on any atom is -0.465 e. The fourth-order valence-corrected chi connectivity index (χ4v) is 3.85. The largest absolute Gasteiger partial charge is 0.465 e. The molecule has 0 saturated carbocycles. The Bertz CT molecular complexity index is 1560. The van der Waals surface area contributed by atoms with Crippen molar-refractivity contribution in [2.75, 3.05) is 12.4 Å². The molecule has 1 amide bonds. The van der Waals surface area contributed by atoms with Crippen LogP contribution < -0.4 is 16.6 Å². The number of benzene rings is 3. The molecule has 1 aromatic heterocycles. The van der Waals surface area contributed by atoms with Crippen LogP contribution in [-0.2, 0) is 22.6 Å². The van der Waals surface area contributed by atoms with Crippen LogP contribution in [0, 0.1) is 5.82 Å². The maximum Gasteiger partial charge on any atom is 0.339 e. The first-order valence-electron chi connectivity index (χ1n) is 10.4. The minimum atomic E-state index is -0.715. The molecule has 35 heavy (non-hydrogen) atoms. The monoisotopic (exact) mass is 495 g/mol. The van der Waals surface area contributed by atoms with E-state index in [1.807, 2.05) is 0 Å². The van der Waals surface area contributed by atoms with Crippen molar-refractivity contribution >= 4 is 40.1 Å². The Labute approximate surface area is 203 Å². The van der Waals surface area contributed by atoms with Gasteiger partial charge in [0.15, 0.2) is 0 Å². The lowest BCUT2D eigenvalue weighted by molar-refractivity contribution is -0.116. The van der Waals surface area contributed by atoms with Crippen molar-refractivity contribution in [3.05, 3.63) is 110 Å². The number of ether oxygens (including phenoxy) is 1. The summed E-state index contributed by atoms with van der Waals surface area (Å²) in [5.74, 6) is -1.75. The third-order valence-corrected chi connectivity index (χ3v) is 5.58. The van der Waals surface area contributed by atoms with E-state index in [4.69, 9.17) is 16.3 Å². The molecule has 0 saturated heterocycles. The topological polar surface area (TPSA) is 99.4 Å². The van der Waals surface area contributed by atoms with Gasteiger partial charge in [-0.15, -0.1) is 0 Å². The van der Waals surface area contributed by atoms with Crippen molar-refractivity contribution in [1.82, 2.24) is 9.13 Å². The number of esters is 1. The highest BCUT2D eigenvalue weighted by molar-refractivity contribution is 6.31. The van der Waals surface area contributed by atoms with Gasteiger partial charge in [-0.3, -0.25) is 18.7 Å². The molecule has 0 aliphatic heterocycles. The first kappa shape index (κ1) is 23.9. The van der Waals surface area contributed by atoms with E-state index in [9.17, 15) is 23.6 Å². The molecule has 4 rings (SSSR count). The molecular weight excluding hydrogens is 477 g/mol. The Morgan fingerprint density at radius 1 is 1.00 bits per heavy atom. The lowest BCUT2D eigenvalue weighted by Gasteiger charge is -2.15. The molecule has 1 heterocycles. The number of para-hydroxylation sites is 1. The summed E-state index contributed by atoms with van der Waals surface area (Å²) < 4.78 is 20.2. The highest BCUT2D eigenvalue weighted by Gasteiger charge is 2.18. The van der Waals surface area contributed by atoms with Crippen LogP contribution in [0.1, 0.15) is 15.9 Å². The van der Waals surface area contributed by atoms with Crippen molar-refractivity contribution in [2.45, 2.75) is 13.1 Å². The zero-order chi connectivity index (χ0) is 25.1. The Morgan fingerprint density at radius 2 is 1.71 bits per heavy atom. The lowest BCUT2D eigenvalue weighted by Crippen LogP contribution is -2.42. The highest BCUT2D eigenvalue weighted by atomic mass is 35.5. The van der Waals surface area contributed by atoms with Crippen LogP contribution >= 0.6 is 11.6 Å². The Kier molecular flexibility index (Phi) is 6.79. The number of aromatic nitrogens is 2. The molecule has 0 bridgehead atoms. The van der Waals surface area contributed by atoms with Gasteiger partial charge in [-0.1, -0.05) is 35.9 Å². The molecule has 178 valence electrons. The molecule has 0 fully saturated rings. The second kappa shape index (κ2) is 9.94. The summed E-state index contributed by atoms with van der Waals surface area (Å²) in [6, 6.07) is 16.1. The maximum atomic E-state index is 13.3. The van der Waals surface area contributed by atoms with Gasteiger partial charge in [-0.2, -0.15) is 0 Å². The van der Waals surface area contributed by atoms with Crippen LogP contribution in [0.2, 0.25) is 5.02 Å². The van der Waals surface area contributed by atoms with Crippen molar-refractivity contribution < 1.29 is 18.7 Å². The van der Waals surface area contributed by atoms with Crippen LogP contribution in [0.4, 0.5) is 10.1 Å². The number of fused-ring (bicyclic) bond motifs is 1. The minimum absolute atomic E-state index is 0.0868. The zero-order valence-corrected chi connectivity index (χ0v) is 19.2. The summed E-state index contributed by atoms with van der Waals surface area (Å²) in [5.41, 5.74) is -0.234. The van der Waals surface area contributed by atoms with Gasteiger partial charge in [-0.05, 0) is 48.0 Å². The molecule has 1 N–H and O–H groups in total. The molecule has 4 aromatic rings. The smallest absolute Gasteiger partial charge is 0.339 e. The molecule has 0 aliphatic carbocycles. The fourth-order valence-electron chi connectivity index (χ4n) is 3.68. The number of halogens is 2. The normalized spacial score (nSPS) is 10.8. The summed E-state index contributed by atoms with van der Waals surface area (Å²) in [6.07, 6.45) is 0. The van der Waals surface area contributed by atoms with Crippen LogP contribution in [0.5, 0.6) is 0 Å². The van der Waals surface area contributed by atoms with E-state index in [0.29, 0.717) is 5.56 Å². The number of nitrogens with one attached hydrogen (secondary N) is 1. The van der Waals surface area contributed by atoms with Gasteiger partial charge in [0.1, 0.15) is 12.4 Å². The number of anilines is 1. The van der Waals surface area contributed by atoms with Crippen LogP contribution in [0.15, 0.2) is 76.3 Å². The average molecular weight is 496 g/mol. The molecule has 0 unspecified atom stereocenters. The summed E-state index contributed by atoms with van der Waals surface area (Å²) in [7, 11) is 1.21. The third-order valence-electron chi connectivity index (χ3n) is 5.35. The number of hydrogen-bond acceptors (Lipinski definition) is 5.